The van der Waals surface area contributed by atoms with Gasteiger partial charge in [0.25, 0.3) is 5.91 Å². The molecule has 7 nitrogen and oxygen atoms in total. The summed E-state index contributed by atoms with van der Waals surface area (Å²) >= 11 is 0. The second-order valence-electron chi connectivity index (χ2n) is 7.02. The number of halogens is 1. The number of nitrogens with zero attached hydrogens (tertiary/aromatic N) is 5. The predicted molar refractivity (Wildman–Crippen MR) is 104 cm³/mol. The van der Waals surface area contributed by atoms with Crippen LogP contribution in [0.2, 0.25) is 0 Å². The van der Waals surface area contributed by atoms with Crippen molar-refractivity contribution in [2.45, 2.75) is 6.92 Å². The van der Waals surface area contributed by atoms with Gasteiger partial charge in [-0.25, -0.2) is 14.4 Å². The van der Waals surface area contributed by atoms with E-state index in [-0.39, 0.29) is 5.91 Å². The van der Waals surface area contributed by atoms with E-state index in [1.165, 1.54) is 12.1 Å². The molecule has 2 aliphatic rings. The number of piperazine rings is 1. The molecule has 2 aliphatic heterocycles. The van der Waals surface area contributed by atoms with E-state index in [0.29, 0.717) is 45.0 Å². The first-order valence-corrected chi connectivity index (χ1v) is 9.58. The van der Waals surface area contributed by atoms with E-state index >= 15 is 0 Å². The van der Waals surface area contributed by atoms with Crippen molar-refractivity contribution in [2.24, 2.45) is 0 Å². The van der Waals surface area contributed by atoms with Gasteiger partial charge in [0.2, 0.25) is 0 Å². The summed E-state index contributed by atoms with van der Waals surface area (Å²) < 4.78 is 18.8. The number of ether oxygens (including phenoxy) is 1. The molecule has 0 N–H and O–H groups in total. The number of benzene rings is 1. The average molecular weight is 385 g/mol. The maximum absolute atomic E-state index is 13.4. The van der Waals surface area contributed by atoms with Crippen LogP contribution in [-0.4, -0.2) is 73.3 Å². The number of hydrogen-bond acceptors (Lipinski definition) is 6. The second-order valence-corrected chi connectivity index (χ2v) is 7.02. The summed E-state index contributed by atoms with van der Waals surface area (Å²) in [6, 6.07) is 7.87. The normalized spacial score (nSPS) is 17.7. The van der Waals surface area contributed by atoms with Gasteiger partial charge >= 0.3 is 0 Å². The molecule has 2 fully saturated rings. The zero-order valence-corrected chi connectivity index (χ0v) is 16.0. The van der Waals surface area contributed by atoms with Crippen LogP contribution in [0.15, 0.2) is 30.3 Å². The standard InChI is InChI=1S/C20H24FN5O2/c1-15-22-18(14-19(23-15)25-9-11-28-12-10-25)24-5-7-26(8-6-24)20(27)16-3-2-4-17(21)13-16/h2-4,13-14H,5-12H2,1H3. The number of carbonyl (C=O) groups is 1. The largest absolute Gasteiger partial charge is 0.378 e. The van der Waals surface area contributed by atoms with Crippen LogP contribution >= 0.6 is 0 Å². The molecule has 1 aromatic heterocycles. The van der Waals surface area contributed by atoms with Crippen LogP contribution in [0.4, 0.5) is 16.0 Å². The smallest absolute Gasteiger partial charge is 0.254 e. The van der Waals surface area contributed by atoms with E-state index < -0.39 is 5.82 Å². The summed E-state index contributed by atoms with van der Waals surface area (Å²) in [4.78, 5) is 27.9. The molecule has 0 bridgehead atoms. The van der Waals surface area contributed by atoms with Crippen LogP contribution in [0.5, 0.6) is 0 Å². The van der Waals surface area contributed by atoms with Crippen molar-refractivity contribution >= 4 is 17.5 Å². The van der Waals surface area contributed by atoms with Gasteiger partial charge in [-0.15, -0.1) is 0 Å². The van der Waals surface area contributed by atoms with Crippen LogP contribution in [0.1, 0.15) is 16.2 Å². The minimum atomic E-state index is -0.392. The van der Waals surface area contributed by atoms with E-state index in [4.69, 9.17) is 4.74 Å². The number of amides is 1. The van der Waals surface area contributed by atoms with Gasteiger partial charge in [-0.1, -0.05) is 6.07 Å². The summed E-state index contributed by atoms with van der Waals surface area (Å²) in [5, 5.41) is 0. The lowest BCUT2D eigenvalue weighted by atomic mass is 10.1. The number of aryl methyl sites for hydroxylation is 1. The molecule has 0 radical (unpaired) electrons. The molecule has 0 atom stereocenters. The van der Waals surface area contributed by atoms with Crippen LogP contribution in [0.3, 0.4) is 0 Å². The molecule has 148 valence electrons. The van der Waals surface area contributed by atoms with Gasteiger partial charge in [0.05, 0.1) is 13.2 Å². The second kappa shape index (κ2) is 8.10. The van der Waals surface area contributed by atoms with Crippen LogP contribution < -0.4 is 9.80 Å². The Kier molecular flexibility index (Phi) is 5.38. The molecule has 2 aromatic rings. The van der Waals surface area contributed by atoms with Crippen molar-refractivity contribution in [1.29, 1.82) is 0 Å². The Hall–Kier alpha value is -2.74. The predicted octanol–water partition coefficient (Wildman–Crippen LogP) is 1.72. The van der Waals surface area contributed by atoms with E-state index in [0.717, 1.165) is 30.5 Å². The van der Waals surface area contributed by atoms with Crippen LogP contribution in [0.25, 0.3) is 0 Å². The maximum Gasteiger partial charge on any atom is 0.254 e. The lowest BCUT2D eigenvalue weighted by Gasteiger charge is -2.36. The fraction of sp³-hybridized carbons (Fsp3) is 0.450. The summed E-state index contributed by atoms with van der Waals surface area (Å²) in [6.45, 7) is 7.48. The molecule has 4 rings (SSSR count). The Morgan fingerprint density at radius 2 is 1.61 bits per heavy atom. The highest BCUT2D eigenvalue weighted by molar-refractivity contribution is 5.94. The minimum absolute atomic E-state index is 0.132. The van der Waals surface area contributed by atoms with Crippen molar-refractivity contribution < 1.29 is 13.9 Å². The van der Waals surface area contributed by atoms with Crippen molar-refractivity contribution in [2.75, 3.05) is 62.3 Å². The Morgan fingerprint density at radius 3 is 2.25 bits per heavy atom. The average Bonchev–Trinajstić information content (AvgIpc) is 2.73. The Bertz CT molecular complexity index is 848. The quantitative estimate of drug-likeness (QED) is 0.802. The molecule has 28 heavy (non-hydrogen) atoms. The topological polar surface area (TPSA) is 61.8 Å². The van der Waals surface area contributed by atoms with Gasteiger partial charge in [0, 0.05) is 50.9 Å². The molecule has 0 spiro atoms. The molecule has 1 amide bonds. The number of hydrogen-bond donors (Lipinski definition) is 0. The van der Waals surface area contributed by atoms with Crippen molar-refractivity contribution in [3.8, 4) is 0 Å². The van der Waals surface area contributed by atoms with E-state index in [1.54, 1.807) is 17.0 Å². The van der Waals surface area contributed by atoms with Gasteiger partial charge < -0.3 is 19.4 Å². The van der Waals surface area contributed by atoms with E-state index in [1.807, 2.05) is 13.0 Å². The first-order chi connectivity index (χ1) is 13.6. The first-order valence-electron chi connectivity index (χ1n) is 9.58. The highest BCUT2D eigenvalue weighted by Gasteiger charge is 2.24. The van der Waals surface area contributed by atoms with Gasteiger partial charge in [-0.2, -0.15) is 0 Å². The van der Waals surface area contributed by atoms with Gasteiger partial charge in [0.1, 0.15) is 23.3 Å². The molecular formula is C20H24FN5O2. The maximum atomic E-state index is 13.4. The number of morpholine rings is 1. The molecule has 0 aliphatic carbocycles. The van der Waals surface area contributed by atoms with Crippen molar-refractivity contribution in [1.82, 2.24) is 14.9 Å². The van der Waals surface area contributed by atoms with Crippen LogP contribution in [-0.2, 0) is 4.74 Å². The molecule has 1 aromatic carbocycles. The zero-order valence-electron chi connectivity index (χ0n) is 16.0. The summed E-state index contributed by atoms with van der Waals surface area (Å²) in [5.41, 5.74) is 0.390. The fourth-order valence-corrected chi connectivity index (χ4v) is 3.60. The fourth-order valence-electron chi connectivity index (χ4n) is 3.60. The molecule has 2 saturated heterocycles. The Balaban J connectivity index is 1.43. The summed E-state index contributed by atoms with van der Waals surface area (Å²) in [7, 11) is 0. The first kappa shape index (κ1) is 18.6. The van der Waals surface area contributed by atoms with Crippen LogP contribution in [0, 0.1) is 12.7 Å². The lowest BCUT2D eigenvalue weighted by Crippen LogP contribution is -2.49. The molecule has 8 heteroatoms. The van der Waals surface area contributed by atoms with Gasteiger partial charge in [-0.05, 0) is 25.1 Å². The lowest BCUT2D eigenvalue weighted by molar-refractivity contribution is 0.0746. The highest BCUT2D eigenvalue weighted by Crippen LogP contribution is 2.22. The third-order valence-electron chi connectivity index (χ3n) is 5.11. The monoisotopic (exact) mass is 385 g/mol. The van der Waals surface area contributed by atoms with E-state index in [2.05, 4.69) is 19.8 Å². The molecule has 0 saturated carbocycles. The third kappa shape index (κ3) is 4.06. The minimum Gasteiger partial charge on any atom is -0.378 e. The van der Waals surface area contributed by atoms with Gasteiger partial charge in [-0.3, -0.25) is 4.79 Å². The number of aromatic nitrogens is 2. The Morgan fingerprint density at radius 1 is 0.964 bits per heavy atom. The molecule has 3 heterocycles. The summed E-state index contributed by atoms with van der Waals surface area (Å²) in [6.07, 6.45) is 0. The highest BCUT2D eigenvalue weighted by atomic mass is 19.1. The Labute approximate surface area is 163 Å². The third-order valence-corrected chi connectivity index (χ3v) is 5.11. The number of carbonyl (C=O) groups excluding carboxylic acids is 1. The number of anilines is 2. The van der Waals surface area contributed by atoms with Gasteiger partial charge in [0.15, 0.2) is 0 Å². The molecule has 0 unspecified atom stereocenters. The molecular weight excluding hydrogens is 361 g/mol. The van der Waals surface area contributed by atoms with Crippen molar-refractivity contribution in [3.05, 3.63) is 47.5 Å². The van der Waals surface area contributed by atoms with E-state index in [9.17, 15) is 9.18 Å². The number of rotatable bonds is 3. The summed E-state index contributed by atoms with van der Waals surface area (Å²) in [5.74, 6) is 2.01. The SMILES string of the molecule is Cc1nc(N2CCOCC2)cc(N2CCN(C(=O)c3cccc(F)c3)CC2)n1. The zero-order chi connectivity index (χ0) is 19.5. The van der Waals surface area contributed by atoms with Crippen molar-refractivity contribution in [3.63, 3.8) is 0 Å².